The second-order valence-corrected chi connectivity index (χ2v) is 8.48. The minimum absolute atomic E-state index is 0.0657. The first-order chi connectivity index (χ1) is 15.7. The van der Waals surface area contributed by atoms with Gasteiger partial charge in [-0.3, -0.25) is 4.79 Å². The van der Waals surface area contributed by atoms with Crippen molar-refractivity contribution in [3.8, 4) is 5.75 Å². The Labute approximate surface area is 191 Å². The summed E-state index contributed by atoms with van der Waals surface area (Å²) in [5, 5.41) is 3.42. The van der Waals surface area contributed by atoms with Gasteiger partial charge in [-0.1, -0.05) is 0 Å². The molecule has 0 atom stereocenters. The number of amides is 1. The second kappa shape index (κ2) is 9.28. The summed E-state index contributed by atoms with van der Waals surface area (Å²) in [6.07, 6.45) is 0.372. The summed E-state index contributed by atoms with van der Waals surface area (Å²) in [7, 11) is 3.69. The third-order valence-corrected chi connectivity index (χ3v) is 5.63. The van der Waals surface area contributed by atoms with E-state index in [1.54, 1.807) is 24.5 Å². The normalized spacial score (nSPS) is 16.8. The monoisotopic (exact) mass is 475 g/mol. The van der Waals surface area contributed by atoms with Gasteiger partial charge in [-0.25, -0.2) is 9.98 Å². The predicted molar refractivity (Wildman–Crippen MR) is 122 cm³/mol. The fourth-order valence-corrected chi connectivity index (χ4v) is 3.93. The van der Waals surface area contributed by atoms with Crippen LogP contribution in [0, 0.1) is 0 Å². The summed E-state index contributed by atoms with van der Waals surface area (Å²) in [6, 6.07) is 7.23. The minimum Gasteiger partial charge on any atom is -0.492 e. The number of rotatable bonds is 6. The van der Waals surface area contributed by atoms with E-state index in [-0.39, 0.29) is 23.2 Å². The number of carbonyl (C=O) groups is 1. The van der Waals surface area contributed by atoms with Crippen molar-refractivity contribution >= 4 is 45.6 Å². The number of fused-ring (bicyclic) bond motifs is 1. The van der Waals surface area contributed by atoms with Crippen LogP contribution in [0.3, 0.4) is 0 Å². The summed E-state index contributed by atoms with van der Waals surface area (Å²) in [5.74, 6) is -0.334. The molecule has 0 aliphatic carbocycles. The molecule has 7 nitrogen and oxygen atoms in total. The molecule has 2 aromatic heterocycles. The van der Waals surface area contributed by atoms with E-state index in [4.69, 9.17) is 4.74 Å². The van der Waals surface area contributed by atoms with Gasteiger partial charge < -0.3 is 19.9 Å². The molecule has 0 radical (unpaired) electrons. The quantitative estimate of drug-likeness (QED) is 0.516. The number of benzene rings is 1. The highest BCUT2D eigenvalue weighted by Crippen LogP contribution is 2.40. The highest BCUT2D eigenvalue weighted by atomic mass is 32.2. The molecule has 0 unspecified atom stereocenters. The summed E-state index contributed by atoms with van der Waals surface area (Å²) in [4.78, 5) is 25.9. The Morgan fingerprint density at radius 3 is 2.85 bits per heavy atom. The molecule has 0 bridgehead atoms. The van der Waals surface area contributed by atoms with E-state index in [0.717, 1.165) is 28.8 Å². The Bertz CT molecular complexity index is 1250. The number of carbonyl (C=O) groups excluding carboxylic acids is 1. The standard InChI is InChI=1S/C22H20F3N5O2S/c1-30(2)8-9-32-14-5-6-17(16(11-14)22(23,24)25)28-21-29-20(31)18(33-21)10-13-12-27-19-15(13)4-3-7-26-19/h3-7,10-12H,8-9H2,1-2H3,(H,26,27)(H,28,29,31)/b18-10-. The number of aliphatic imine (C=N–C) groups is 1. The molecule has 11 heteroatoms. The number of pyridine rings is 1. The fourth-order valence-electron chi connectivity index (χ4n) is 3.10. The van der Waals surface area contributed by atoms with E-state index in [1.807, 2.05) is 25.1 Å². The molecule has 0 saturated carbocycles. The molecule has 4 rings (SSSR count). The van der Waals surface area contributed by atoms with Gasteiger partial charge in [0.2, 0.25) is 0 Å². The van der Waals surface area contributed by atoms with Crippen molar-refractivity contribution in [3.05, 3.63) is 58.8 Å². The van der Waals surface area contributed by atoms with E-state index >= 15 is 0 Å². The van der Waals surface area contributed by atoms with E-state index in [2.05, 4.69) is 20.3 Å². The molecule has 1 aromatic carbocycles. The van der Waals surface area contributed by atoms with Crippen LogP contribution < -0.4 is 10.1 Å². The van der Waals surface area contributed by atoms with Crippen molar-refractivity contribution in [1.29, 1.82) is 0 Å². The predicted octanol–water partition coefficient (Wildman–Crippen LogP) is 4.41. The first-order valence-corrected chi connectivity index (χ1v) is 10.7. The number of ether oxygens (including phenoxy) is 1. The highest BCUT2D eigenvalue weighted by Gasteiger charge is 2.35. The Morgan fingerprint density at radius 2 is 2.09 bits per heavy atom. The number of alkyl halides is 3. The van der Waals surface area contributed by atoms with Crippen molar-refractivity contribution in [2.24, 2.45) is 4.99 Å². The number of amidine groups is 1. The number of hydrogen-bond donors (Lipinski definition) is 2. The van der Waals surface area contributed by atoms with E-state index in [0.29, 0.717) is 17.1 Å². The van der Waals surface area contributed by atoms with Gasteiger partial charge in [0.15, 0.2) is 5.17 Å². The van der Waals surface area contributed by atoms with Crippen LogP contribution in [0.5, 0.6) is 5.75 Å². The average Bonchev–Trinajstić information content (AvgIpc) is 3.31. The van der Waals surface area contributed by atoms with E-state index < -0.39 is 17.6 Å². The largest absolute Gasteiger partial charge is 0.492 e. The average molecular weight is 475 g/mol. The molecule has 1 aliphatic heterocycles. The number of likely N-dealkylation sites (N-methyl/N-ethyl adjacent to an activating group) is 1. The van der Waals surface area contributed by atoms with Crippen LogP contribution in [-0.2, 0) is 11.0 Å². The highest BCUT2D eigenvalue weighted by molar-refractivity contribution is 8.18. The number of hydrogen-bond acceptors (Lipinski definition) is 6. The Morgan fingerprint density at radius 1 is 1.27 bits per heavy atom. The summed E-state index contributed by atoms with van der Waals surface area (Å²) >= 11 is 0.973. The molecule has 1 saturated heterocycles. The molecule has 1 amide bonds. The van der Waals surface area contributed by atoms with Gasteiger partial charge in [-0.15, -0.1) is 0 Å². The zero-order chi connectivity index (χ0) is 23.6. The van der Waals surface area contributed by atoms with Crippen LogP contribution in [0.25, 0.3) is 17.1 Å². The van der Waals surface area contributed by atoms with Crippen LogP contribution >= 0.6 is 11.8 Å². The van der Waals surface area contributed by atoms with Gasteiger partial charge in [-0.05, 0) is 62.3 Å². The minimum atomic E-state index is -4.64. The molecule has 172 valence electrons. The Kier molecular flexibility index (Phi) is 6.43. The number of H-pyrrole nitrogens is 1. The van der Waals surface area contributed by atoms with Crippen molar-refractivity contribution in [1.82, 2.24) is 20.2 Å². The molecule has 1 aliphatic rings. The van der Waals surface area contributed by atoms with Crippen LogP contribution in [0.4, 0.5) is 18.9 Å². The topological polar surface area (TPSA) is 82.6 Å². The maximum absolute atomic E-state index is 13.7. The molecule has 0 spiro atoms. The zero-order valence-corrected chi connectivity index (χ0v) is 18.5. The number of aromatic nitrogens is 2. The maximum atomic E-state index is 13.7. The van der Waals surface area contributed by atoms with Crippen LogP contribution in [-0.4, -0.2) is 53.2 Å². The van der Waals surface area contributed by atoms with Gasteiger partial charge in [-0.2, -0.15) is 13.2 Å². The molecule has 3 heterocycles. The first-order valence-electron chi connectivity index (χ1n) is 9.91. The molecular formula is C22H20F3N5O2S. The maximum Gasteiger partial charge on any atom is 0.418 e. The Balaban J connectivity index is 1.59. The van der Waals surface area contributed by atoms with Gasteiger partial charge in [0.25, 0.3) is 5.91 Å². The SMILES string of the molecule is CN(C)CCOc1ccc(/N=C2/NC(=O)/C(=C/c3c[nH]c4ncccc34)S2)c(C(F)(F)F)c1. The summed E-state index contributed by atoms with van der Waals surface area (Å²) in [6.45, 7) is 0.817. The fraction of sp³-hybridized carbons (Fsp3) is 0.227. The third-order valence-electron chi connectivity index (χ3n) is 4.72. The molecule has 1 fully saturated rings. The smallest absolute Gasteiger partial charge is 0.418 e. The zero-order valence-electron chi connectivity index (χ0n) is 17.7. The number of thioether (sulfide) groups is 1. The number of nitrogens with zero attached hydrogens (tertiary/aromatic N) is 3. The number of nitrogens with one attached hydrogen (secondary N) is 2. The van der Waals surface area contributed by atoms with Gasteiger partial charge in [0.05, 0.1) is 16.2 Å². The number of halogens is 3. The number of aromatic amines is 1. The van der Waals surface area contributed by atoms with Gasteiger partial charge in [0, 0.05) is 29.9 Å². The van der Waals surface area contributed by atoms with Crippen molar-refractivity contribution in [3.63, 3.8) is 0 Å². The second-order valence-electron chi connectivity index (χ2n) is 7.45. The molecule has 2 N–H and O–H groups in total. The molecular weight excluding hydrogens is 455 g/mol. The van der Waals surface area contributed by atoms with E-state index in [1.165, 1.54) is 12.1 Å². The first kappa shape index (κ1) is 22.9. The molecule has 33 heavy (non-hydrogen) atoms. The Hall–Kier alpha value is -3.31. The van der Waals surface area contributed by atoms with Crippen LogP contribution in [0.1, 0.15) is 11.1 Å². The lowest BCUT2D eigenvalue weighted by Gasteiger charge is -2.14. The van der Waals surface area contributed by atoms with Crippen molar-refractivity contribution in [2.45, 2.75) is 6.18 Å². The molecule has 3 aromatic rings. The summed E-state index contributed by atoms with van der Waals surface area (Å²) in [5.41, 5.74) is 0.173. The van der Waals surface area contributed by atoms with Crippen LogP contribution in [0.15, 0.2) is 52.6 Å². The third kappa shape index (κ3) is 5.37. The van der Waals surface area contributed by atoms with Gasteiger partial charge in [0.1, 0.15) is 18.0 Å². The lowest BCUT2D eigenvalue weighted by molar-refractivity contribution is -0.137. The van der Waals surface area contributed by atoms with Crippen LogP contribution in [0.2, 0.25) is 0 Å². The van der Waals surface area contributed by atoms with Crippen molar-refractivity contribution in [2.75, 3.05) is 27.2 Å². The van der Waals surface area contributed by atoms with E-state index in [9.17, 15) is 18.0 Å². The lowest BCUT2D eigenvalue weighted by Crippen LogP contribution is -2.20. The summed E-state index contributed by atoms with van der Waals surface area (Å²) < 4.78 is 46.4. The van der Waals surface area contributed by atoms with Crippen molar-refractivity contribution < 1.29 is 22.7 Å². The lowest BCUT2D eigenvalue weighted by atomic mass is 10.1. The van der Waals surface area contributed by atoms with Gasteiger partial charge >= 0.3 is 6.18 Å².